The van der Waals surface area contributed by atoms with Gasteiger partial charge in [0.1, 0.15) is 5.75 Å². The van der Waals surface area contributed by atoms with Gasteiger partial charge in [0.05, 0.1) is 39.4 Å². The molecule has 0 saturated carbocycles. The molecule has 1 heterocycles. The van der Waals surface area contributed by atoms with Crippen LogP contribution in [0.25, 0.3) is 0 Å². The predicted octanol–water partition coefficient (Wildman–Crippen LogP) is 4.55. The summed E-state index contributed by atoms with van der Waals surface area (Å²) in [5, 5.41) is 15.8. The smallest absolute Gasteiger partial charge is 0.239 e. The second-order valence-electron chi connectivity index (χ2n) is 7.10. The third kappa shape index (κ3) is 4.36. The van der Waals surface area contributed by atoms with E-state index in [9.17, 15) is 5.21 Å². The van der Waals surface area contributed by atoms with Crippen molar-refractivity contribution in [1.29, 1.82) is 0 Å². The Kier molecular flexibility index (Phi) is 6.25. The molecule has 4 rings (SSSR count). The van der Waals surface area contributed by atoms with Crippen LogP contribution in [0.15, 0.2) is 47.9 Å². The van der Waals surface area contributed by atoms with Gasteiger partial charge in [-0.15, -0.1) is 0 Å². The van der Waals surface area contributed by atoms with E-state index >= 15 is 0 Å². The van der Waals surface area contributed by atoms with Gasteiger partial charge >= 0.3 is 0 Å². The van der Waals surface area contributed by atoms with E-state index in [0.29, 0.717) is 46.1 Å². The zero-order valence-electron chi connectivity index (χ0n) is 18.1. The number of benzene rings is 2. The molecular formula is C23H24N4O5. The number of aryl methyl sites for hydroxylation is 1. The van der Waals surface area contributed by atoms with E-state index in [4.69, 9.17) is 18.9 Å². The number of nitrogens with one attached hydrogen (secondary N) is 1. The molecule has 9 heteroatoms. The molecular weight excluding hydrogens is 412 g/mol. The monoisotopic (exact) mass is 436 g/mol. The average molecular weight is 436 g/mol. The lowest BCUT2D eigenvalue weighted by Crippen LogP contribution is -2.11. The zero-order valence-corrected chi connectivity index (χ0v) is 18.1. The van der Waals surface area contributed by atoms with E-state index in [1.54, 1.807) is 45.9 Å². The second kappa shape index (κ2) is 9.42. The lowest BCUT2D eigenvalue weighted by atomic mass is 9.90. The number of rotatable bonds is 7. The Balaban J connectivity index is 1.55. The number of fused-ring (bicyclic) bond motifs is 1. The number of anilines is 2. The molecule has 0 amide bonds. The quantitative estimate of drug-likeness (QED) is 0.410. The number of hydrogen-bond donors (Lipinski definition) is 2. The molecule has 3 aromatic rings. The van der Waals surface area contributed by atoms with Crippen LogP contribution in [0.1, 0.15) is 24.0 Å². The highest BCUT2D eigenvalue weighted by molar-refractivity contribution is 6.02. The number of aromatic nitrogens is 2. The van der Waals surface area contributed by atoms with Crippen LogP contribution in [0, 0.1) is 0 Å². The van der Waals surface area contributed by atoms with Crippen LogP contribution in [0.3, 0.4) is 0 Å². The summed E-state index contributed by atoms with van der Waals surface area (Å²) in [4.78, 5) is 8.71. The number of hydrogen-bond acceptors (Lipinski definition) is 9. The number of ether oxygens (including phenoxy) is 4. The summed E-state index contributed by atoms with van der Waals surface area (Å²) < 4.78 is 22.1. The molecule has 1 aliphatic carbocycles. The van der Waals surface area contributed by atoms with Crippen molar-refractivity contribution in [1.82, 2.24) is 9.97 Å². The number of oxime groups is 1. The third-order valence-corrected chi connectivity index (χ3v) is 5.14. The Labute approximate surface area is 185 Å². The van der Waals surface area contributed by atoms with Crippen molar-refractivity contribution in [2.45, 2.75) is 19.3 Å². The van der Waals surface area contributed by atoms with Crippen molar-refractivity contribution >= 4 is 17.2 Å². The molecule has 166 valence electrons. The molecule has 0 fully saturated rings. The van der Waals surface area contributed by atoms with Gasteiger partial charge in [0, 0.05) is 23.4 Å². The summed E-state index contributed by atoms with van der Waals surface area (Å²) >= 11 is 0. The molecule has 0 atom stereocenters. The maximum absolute atomic E-state index is 9.20. The first-order chi connectivity index (χ1) is 15.6. The zero-order chi connectivity index (χ0) is 22.5. The van der Waals surface area contributed by atoms with Gasteiger partial charge in [-0.25, -0.2) is 0 Å². The Hall–Kier alpha value is -4.01. The molecule has 0 aliphatic heterocycles. The van der Waals surface area contributed by atoms with Crippen molar-refractivity contribution in [3.8, 4) is 28.9 Å². The third-order valence-electron chi connectivity index (χ3n) is 5.14. The van der Waals surface area contributed by atoms with Gasteiger partial charge in [0.15, 0.2) is 17.3 Å². The van der Waals surface area contributed by atoms with Gasteiger partial charge in [0.25, 0.3) is 0 Å². The molecule has 2 aromatic carbocycles. The topological polar surface area (TPSA) is 107 Å². The highest BCUT2D eigenvalue weighted by atomic mass is 16.5. The summed E-state index contributed by atoms with van der Waals surface area (Å²) in [5.74, 6) is 3.02. The van der Waals surface area contributed by atoms with E-state index in [-0.39, 0.29) is 0 Å². The predicted molar refractivity (Wildman–Crippen MR) is 119 cm³/mol. The Bertz CT molecular complexity index is 1120. The van der Waals surface area contributed by atoms with E-state index in [2.05, 4.69) is 20.4 Å². The SMILES string of the molecule is COc1cc(Nc2cncc(Oc3ccc4c(c3)CCCC4=NO)n2)cc(OC)c1OC. The van der Waals surface area contributed by atoms with Gasteiger partial charge in [-0.1, -0.05) is 5.16 Å². The lowest BCUT2D eigenvalue weighted by Gasteiger charge is -2.17. The fourth-order valence-corrected chi connectivity index (χ4v) is 3.69. The molecule has 2 N–H and O–H groups in total. The standard InChI is InChI=1S/C23H24N4O5/c1-29-19-10-15(11-20(30-2)23(19)31-3)25-21-12-24-13-22(26-21)32-16-7-8-17-14(9-16)5-4-6-18(17)27-28/h7-13,28H,4-6H2,1-3H3,(H,25,26). The molecule has 1 aromatic heterocycles. The maximum atomic E-state index is 9.20. The molecule has 0 radical (unpaired) electrons. The molecule has 9 nitrogen and oxygen atoms in total. The molecule has 0 spiro atoms. The van der Waals surface area contributed by atoms with E-state index < -0.39 is 0 Å². The normalized spacial score (nSPS) is 13.9. The highest BCUT2D eigenvalue weighted by Crippen LogP contribution is 2.40. The first-order valence-corrected chi connectivity index (χ1v) is 10.1. The van der Waals surface area contributed by atoms with Crippen LogP contribution in [0.5, 0.6) is 28.9 Å². The number of methoxy groups -OCH3 is 3. The van der Waals surface area contributed by atoms with Crippen molar-refractivity contribution in [3.63, 3.8) is 0 Å². The van der Waals surface area contributed by atoms with Crippen LogP contribution in [0.2, 0.25) is 0 Å². The van der Waals surface area contributed by atoms with E-state index in [1.165, 1.54) is 0 Å². The summed E-state index contributed by atoms with van der Waals surface area (Å²) in [6.45, 7) is 0. The van der Waals surface area contributed by atoms with Crippen LogP contribution in [0.4, 0.5) is 11.5 Å². The summed E-state index contributed by atoms with van der Waals surface area (Å²) in [7, 11) is 4.67. The Morgan fingerprint density at radius 3 is 2.44 bits per heavy atom. The van der Waals surface area contributed by atoms with Crippen LogP contribution < -0.4 is 24.3 Å². The summed E-state index contributed by atoms with van der Waals surface area (Å²) in [6, 6.07) is 9.24. The van der Waals surface area contributed by atoms with Gasteiger partial charge in [-0.3, -0.25) is 4.98 Å². The van der Waals surface area contributed by atoms with Crippen molar-refractivity contribution < 1.29 is 24.2 Å². The van der Waals surface area contributed by atoms with Crippen LogP contribution in [-0.2, 0) is 6.42 Å². The van der Waals surface area contributed by atoms with Crippen molar-refractivity contribution in [2.24, 2.45) is 5.16 Å². The number of nitrogens with zero attached hydrogens (tertiary/aromatic N) is 3. The molecule has 0 unspecified atom stereocenters. The largest absolute Gasteiger partial charge is 0.493 e. The minimum atomic E-state index is 0.342. The molecule has 0 bridgehead atoms. The average Bonchev–Trinajstić information content (AvgIpc) is 2.83. The molecule has 0 saturated heterocycles. The first kappa shape index (κ1) is 21.2. The summed E-state index contributed by atoms with van der Waals surface area (Å²) in [6.07, 6.45) is 5.74. The Morgan fingerprint density at radius 2 is 1.75 bits per heavy atom. The van der Waals surface area contributed by atoms with Gasteiger partial charge in [-0.05, 0) is 43.0 Å². The van der Waals surface area contributed by atoms with E-state index in [1.807, 2.05) is 18.2 Å². The molecule has 1 aliphatic rings. The van der Waals surface area contributed by atoms with Crippen molar-refractivity contribution in [3.05, 3.63) is 53.9 Å². The highest BCUT2D eigenvalue weighted by Gasteiger charge is 2.17. The van der Waals surface area contributed by atoms with E-state index in [0.717, 1.165) is 30.4 Å². The lowest BCUT2D eigenvalue weighted by molar-refractivity contribution is 0.317. The van der Waals surface area contributed by atoms with Crippen LogP contribution in [-0.4, -0.2) is 42.2 Å². The summed E-state index contributed by atoms with van der Waals surface area (Å²) in [5.41, 5.74) is 3.43. The first-order valence-electron chi connectivity index (χ1n) is 10.1. The van der Waals surface area contributed by atoms with Crippen molar-refractivity contribution in [2.75, 3.05) is 26.6 Å². The van der Waals surface area contributed by atoms with Crippen LogP contribution >= 0.6 is 0 Å². The fourth-order valence-electron chi connectivity index (χ4n) is 3.69. The van der Waals surface area contributed by atoms with Gasteiger partial charge in [0.2, 0.25) is 11.6 Å². The van der Waals surface area contributed by atoms with Gasteiger partial charge in [-0.2, -0.15) is 4.98 Å². The fraction of sp³-hybridized carbons (Fsp3) is 0.261. The molecule has 32 heavy (non-hydrogen) atoms. The second-order valence-corrected chi connectivity index (χ2v) is 7.10. The minimum absolute atomic E-state index is 0.342. The maximum Gasteiger partial charge on any atom is 0.239 e. The van der Waals surface area contributed by atoms with Gasteiger partial charge < -0.3 is 29.5 Å². The minimum Gasteiger partial charge on any atom is -0.493 e. The Morgan fingerprint density at radius 1 is 0.969 bits per heavy atom.